The van der Waals surface area contributed by atoms with Crippen LogP contribution < -0.4 is 21.5 Å². The van der Waals surface area contributed by atoms with Gasteiger partial charge in [0.25, 0.3) is 5.56 Å². The fraction of sp³-hybridized carbons (Fsp3) is 0.632. The molecule has 8 heteroatoms. The van der Waals surface area contributed by atoms with E-state index in [1.807, 2.05) is 40.7 Å². The number of aryl methyl sites for hydroxylation is 1. The maximum atomic E-state index is 11.9. The standard InChI is InChI=1S/C19H33N5O2.HI/c1-6-20-18(22-14-16(25)23-19(3,4)5)21-12-7-8-13-24-15(2)10-9-11-17(24)26;/h9-11H,6-8,12-14H2,1-5H3,(H,23,25)(H2,20,21,22);1H. The van der Waals surface area contributed by atoms with Crippen molar-refractivity contribution in [2.75, 3.05) is 19.6 Å². The summed E-state index contributed by atoms with van der Waals surface area (Å²) in [6, 6.07) is 5.31. The predicted octanol–water partition coefficient (Wildman–Crippen LogP) is 2.02. The molecule has 0 bridgehead atoms. The molecule has 0 aliphatic carbocycles. The van der Waals surface area contributed by atoms with Gasteiger partial charge in [-0.3, -0.25) is 9.59 Å². The van der Waals surface area contributed by atoms with Crippen molar-refractivity contribution in [3.63, 3.8) is 0 Å². The molecule has 154 valence electrons. The minimum Gasteiger partial charge on any atom is -0.357 e. The van der Waals surface area contributed by atoms with Crippen molar-refractivity contribution in [1.29, 1.82) is 0 Å². The number of pyridine rings is 1. The Bertz CT molecular complexity index is 665. The molecule has 0 aliphatic rings. The van der Waals surface area contributed by atoms with E-state index in [4.69, 9.17) is 0 Å². The van der Waals surface area contributed by atoms with Gasteiger partial charge in [0.15, 0.2) is 5.96 Å². The number of unbranched alkanes of at least 4 members (excludes halogenated alkanes) is 1. The van der Waals surface area contributed by atoms with Crippen molar-refractivity contribution < 1.29 is 4.79 Å². The number of halogens is 1. The summed E-state index contributed by atoms with van der Waals surface area (Å²) < 4.78 is 1.79. The molecule has 0 fully saturated rings. The molecule has 1 amide bonds. The van der Waals surface area contributed by atoms with Crippen molar-refractivity contribution >= 4 is 35.8 Å². The van der Waals surface area contributed by atoms with Crippen LogP contribution in [-0.2, 0) is 11.3 Å². The van der Waals surface area contributed by atoms with E-state index >= 15 is 0 Å². The third-order valence-corrected chi connectivity index (χ3v) is 3.61. The monoisotopic (exact) mass is 491 g/mol. The van der Waals surface area contributed by atoms with E-state index in [-0.39, 0.29) is 47.5 Å². The molecule has 1 heterocycles. The lowest BCUT2D eigenvalue weighted by Gasteiger charge is -2.20. The summed E-state index contributed by atoms with van der Waals surface area (Å²) in [6.07, 6.45) is 1.79. The molecule has 0 atom stereocenters. The molecule has 7 nitrogen and oxygen atoms in total. The third-order valence-electron chi connectivity index (χ3n) is 3.61. The minimum atomic E-state index is -0.258. The number of hydrogen-bond donors (Lipinski definition) is 3. The van der Waals surface area contributed by atoms with Gasteiger partial charge in [-0.2, -0.15) is 0 Å². The first kappa shape index (κ1) is 25.4. The van der Waals surface area contributed by atoms with E-state index in [2.05, 4.69) is 20.9 Å². The molecule has 1 rings (SSSR count). The van der Waals surface area contributed by atoms with Crippen LogP contribution >= 0.6 is 24.0 Å². The number of carbonyl (C=O) groups excluding carboxylic acids is 1. The summed E-state index contributed by atoms with van der Waals surface area (Å²) in [6.45, 7) is 12.0. The average Bonchev–Trinajstić information content (AvgIpc) is 2.53. The Hall–Kier alpha value is -1.58. The number of aromatic nitrogens is 1. The van der Waals surface area contributed by atoms with Crippen LogP contribution in [0.5, 0.6) is 0 Å². The van der Waals surface area contributed by atoms with E-state index in [0.717, 1.165) is 31.6 Å². The highest BCUT2D eigenvalue weighted by Crippen LogP contribution is 1.98. The zero-order chi connectivity index (χ0) is 19.6. The molecule has 0 radical (unpaired) electrons. The van der Waals surface area contributed by atoms with E-state index in [0.29, 0.717) is 12.5 Å². The van der Waals surface area contributed by atoms with Gasteiger partial charge >= 0.3 is 0 Å². The van der Waals surface area contributed by atoms with Crippen LogP contribution in [0, 0.1) is 6.92 Å². The Balaban J connectivity index is 0.00000676. The predicted molar refractivity (Wildman–Crippen MR) is 122 cm³/mol. The second-order valence-corrected chi connectivity index (χ2v) is 7.28. The molecule has 0 spiro atoms. The molecule has 0 saturated heterocycles. The van der Waals surface area contributed by atoms with E-state index in [1.54, 1.807) is 16.7 Å². The van der Waals surface area contributed by atoms with Crippen LogP contribution in [0.15, 0.2) is 28.0 Å². The Morgan fingerprint density at radius 2 is 1.89 bits per heavy atom. The van der Waals surface area contributed by atoms with Gasteiger partial charge in [0.2, 0.25) is 5.91 Å². The van der Waals surface area contributed by atoms with Crippen molar-refractivity contribution in [3.05, 3.63) is 34.2 Å². The number of rotatable bonds is 8. The Labute approximate surface area is 179 Å². The number of nitrogens with one attached hydrogen (secondary N) is 3. The van der Waals surface area contributed by atoms with Crippen molar-refractivity contribution in [2.24, 2.45) is 4.99 Å². The fourth-order valence-electron chi connectivity index (χ4n) is 2.46. The lowest BCUT2D eigenvalue weighted by atomic mass is 10.1. The molecule has 1 aromatic heterocycles. The molecule has 0 aromatic carbocycles. The number of hydrogen-bond acceptors (Lipinski definition) is 3. The first-order valence-corrected chi connectivity index (χ1v) is 9.22. The van der Waals surface area contributed by atoms with Crippen LogP contribution in [0.4, 0.5) is 0 Å². The second kappa shape index (κ2) is 12.7. The minimum absolute atomic E-state index is 0. The smallest absolute Gasteiger partial charge is 0.250 e. The molecule has 3 N–H and O–H groups in total. The first-order chi connectivity index (χ1) is 12.2. The van der Waals surface area contributed by atoms with Crippen LogP contribution in [0.3, 0.4) is 0 Å². The summed E-state index contributed by atoms with van der Waals surface area (Å²) in [5, 5.41) is 9.24. The average molecular weight is 491 g/mol. The van der Waals surface area contributed by atoms with Gasteiger partial charge in [-0.15, -0.1) is 24.0 Å². The summed E-state index contributed by atoms with van der Waals surface area (Å²) in [7, 11) is 0. The third kappa shape index (κ3) is 11.0. The van der Waals surface area contributed by atoms with Crippen LogP contribution in [0.2, 0.25) is 0 Å². The van der Waals surface area contributed by atoms with E-state index in [9.17, 15) is 9.59 Å². The Morgan fingerprint density at radius 1 is 1.19 bits per heavy atom. The highest BCUT2D eigenvalue weighted by Gasteiger charge is 2.13. The maximum absolute atomic E-state index is 11.9. The van der Waals surface area contributed by atoms with Crippen LogP contribution in [-0.4, -0.2) is 41.6 Å². The highest BCUT2D eigenvalue weighted by molar-refractivity contribution is 14.0. The van der Waals surface area contributed by atoms with Gasteiger partial charge in [-0.05, 0) is 53.5 Å². The maximum Gasteiger partial charge on any atom is 0.250 e. The number of aliphatic imine (C=N–C) groups is 1. The zero-order valence-corrected chi connectivity index (χ0v) is 19.4. The summed E-state index contributed by atoms with van der Waals surface area (Å²) in [4.78, 5) is 28.0. The van der Waals surface area contributed by atoms with Gasteiger partial charge in [-0.1, -0.05) is 6.07 Å². The molecule has 0 saturated carbocycles. The van der Waals surface area contributed by atoms with Crippen LogP contribution in [0.25, 0.3) is 0 Å². The second-order valence-electron chi connectivity index (χ2n) is 7.28. The number of nitrogens with zero attached hydrogens (tertiary/aromatic N) is 2. The summed E-state index contributed by atoms with van der Waals surface area (Å²) in [5.74, 6) is 0.526. The SMILES string of the molecule is CCNC(=NCC(=O)NC(C)(C)C)NCCCCn1c(C)cccc1=O.I. The molecular formula is C19H34IN5O2. The van der Waals surface area contributed by atoms with Gasteiger partial charge in [-0.25, -0.2) is 4.99 Å². The number of carbonyl (C=O) groups is 1. The van der Waals surface area contributed by atoms with Crippen molar-refractivity contribution in [1.82, 2.24) is 20.5 Å². The van der Waals surface area contributed by atoms with Gasteiger partial charge in [0.05, 0.1) is 0 Å². The van der Waals surface area contributed by atoms with Crippen molar-refractivity contribution in [3.8, 4) is 0 Å². The van der Waals surface area contributed by atoms with Crippen molar-refractivity contribution in [2.45, 2.75) is 59.5 Å². The lowest BCUT2D eigenvalue weighted by Crippen LogP contribution is -2.43. The summed E-state index contributed by atoms with van der Waals surface area (Å²) >= 11 is 0. The van der Waals surface area contributed by atoms with Gasteiger partial charge in [0, 0.05) is 36.9 Å². The molecule has 0 unspecified atom stereocenters. The molecular weight excluding hydrogens is 457 g/mol. The van der Waals surface area contributed by atoms with Crippen LogP contribution in [0.1, 0.15) is 46.2 Å². The molecule has 1 aromatic rings. The number of amides is 1. The largest absolute Gasteiger partial charge is 0.357 e. The lowest BCUT2D eigenvalue weighted by molar-refractivity contribution is -0.121. The highest BCUT2D eigenvalue weighted by atomic mass is 127. The normalized spacial score (nSPS) is 11.5. The fourth-order valence-corrected chi connectivity index (χ4v) is 2.46. The quantitative estimate of drug-likeness (QED) is 0.225. The molecule has 27 heavy (non-hydrogen) atoms. The van der Waals surface area contributed by atoms with E-state index < -0.39 is 0 Å². The van der Waals surface area contributed by atoms with Gasteiger partial charge in [0.1, 0.15) is 6.54 Å². The number of guanidine groups is 1. The zero-order valence-electron chi connectivity index (χ0n) is 17.1. The Kier molecular flexibility index (Phi) is 12.0. The summed E-state index contributed by atoms with van der Waals surface area (Å²) in [5.41, 5.74) is 0.759. The topological polar surface area (TPSA) is 87.5 Å². The first-order valence-electron chi connectivity index (χ1n) is 9.22. The van der Waals surface area contributed by atoms with Gasteiger partial charge < -0.3 is 20.5 Å². The Morgan fingerprint density at radius 3 is 2.48 bits per heavy atom. The van der Waals surface area contributed by atoms with E-state index in [1.165, 1.54) is 0 Å². The molecule has 0 aliphatic heterocycles.